The van der Waals surface area contributed by atoms with Crippen molar-refractivity contribution in [3.05, 3.63) is 71.4 Å². The van der Waals surface area contributed by atoms with Gasteiger partial charge >= 0.3 is 6.03 Å². The van der Waals surface area contributed by atoms with Gasteiger partial charge in [0.1, 0.15) is 18.4 Å². The molecule has 0 aliphatic carbocycles. The molecule has 1 aliphatic heterocycles. The van der Waals surface area contributed by atoms with Gasteiger partial charge in [-0.05, 0) is 50.2 Å². The number of rotatable bonds is 5. The highest BCUT2D eigenvalue weighted by atomic mass is 35.5. The third-order valence-electron chi connectivity index (χ3n) is 4.95. The first-order chi connectivity index (χ1) is 14.8. The molecule has 1 unspecified atom stereocenters. The van der Waals surface area contributed by atoms with Gasteiger partial charge in [0.05, 0.1) is 11.4 Å². The van der Waals surface area contributed by atoms with Gasteiger partial charge in [0.15, 0.2) is 0 Å². The lowest BCUT2D eigenvalue weighted by Crippen LogP contribution is -2.39. The molecule has 3 aromatic rings. The van der Waals surface area contributed by atoms with Crippen LogP contribution in [0.5, 0.6) is 0 Å². The topological polar surface area (TPSA) is 87.5 Å². The summed E-state index contributed by atoms with van der Waals surface area (Å²) in [5, 5.41) is 7.68. The average Bonchev–Trinajstić information content (AvgIpc) is 3.22. The van der Waals surface area contributed by atoms with E-state index in [1.807, 2.05) is 37.3 Å². The number of carbonyl (C=O) groups is 3. The maximum absolute atomic E-state index is 12.9. The first-order valence-corrected chi connectivity index (χ1v) is 10.0. The van der Waals surface area contributed by atoms with Crippen LogP contribution >= 0.6 is 11.6 Å². The van der Waals surface area contributed by atoms with Gasteiger partial charge < -0.3 is 5.32 Å². The van der Waals surface area contributed by atoms with Crippen molar-refractivity contribution in [1.29, 1.82) is 0 Å². The van der Waals surface area contributed by atoms with Crippen molar-refractivity contribution in [1.82, 2.24) is 14.7 Å². The Morgan fingerprint density at radius 1 is 1.06 bits per heavy atom. The fourth-order valence-electron chi connectivity index (χ4n) is 3.49. The number of hydrogen-bond acceptors (Lipinski definition) is 4. The maximum Gasteiger partial charge on any atom is 0.332 e. The van der Waals surface area contributed by atoms with Crippen LogP contribution in [0, 0.1) is 6.92 Å². The number of para-hydroxylation sites is 1. The summed E-state index contributed by atoms with van der Waals surface area (Å²) in [4.78, 5) is 40.6. The molecule has 8 nitrogen and oxygen atoms in total. The molecule has 4 amide bonds. The zero-order chi connectivity index (χ0) is 22.1. The van der Waals surface area contributed by atoms with E-state index in [1.165, 1.54) is 4.90 Å². The van der Waals surface area contributed by atoms with Crippen molar-refractivity contribution in [2.75, 3.05) is 16.8 Å². The summed E-state index contributed by atoms with van der Waals surface area (Å²) in [5.74, 6) is -0.484. The smallest absolute Gasteiger partial charge is 0.309 e. The van der Waals surface area contributed by atoms with Crippen molar-refractivity contribution in [2.45, 2.75) is 19.9 Å². The number of nitrogens with zero attached hydrogens (tertiary/aromatic N) is 4. The van der Waals surface area contributed by atoms with E-state index in [1.54, 1.807) is 41.9 Å². The number of imide groups is 1. The first-order valence-electron chi connectivity index (χ1n) is 9.67. The van der Waals surface area contributed by atoms with Gasteiger partial charge in [-0.2, -0.15) is 5.10 Å². The van der Waals surface area contributed by atoms with Crippen LogP contribution in [0.4, 0.5) is 16.3 Å². The lowest BCUT2D eigenvalue weighted by molar-refractivity contribution is -0.130. The van der Waals surface area contributed by atoms with E-state index in [0.717, 1.165) is 16.3 Å². The molecule has 0 bridgehead atoms. The summed E-state index contributed by atoms with van der Waals surface area (Å²) >= 11 is 5.91. The summed E-state index contributed by atoms with van der Waals surface area (Å²) in [6, 6.07) is 16.4. The second kappa shape index (κ2) is 8.23. The van der Waals surface area contributed by atoms with Crippen molar-refractivity contribution in [3.8, 4) is 5.69 Å². The molecular formula is C22H20ClN5O3. The van der Waals surface area contributed by atoms with E-state index in [2.05, 4.69) is 10.4 Å². The van der Waals surface area contributed by atoms with Gasteiger partial charge in [-0.15, -0.1) is 0 Å². The maximum atomic E-state index is 12.9. The van der Waals surface area contributed by atoms with Gasteiger partial charge in [-0.1, -0.05) is 29.8 Å². The predicted octanol–water partition coefficient (Wildman–Crippen LogP) is 3.63. The number of anilines is 2. The number of aryl methyl sites for hydroxylation is 1. The third kappa shape index (κ3) is 4.02. The van der Waals surface area contributed by atoms with Crippen molar-refractivity contribution < 1.29 is 14.4 Å². The minimum absolute atomic E-state index is 0.398. The van der Waals surface area contributed by atoms with E-state index in [4.69, 9.17) is 11.6 Å². The van der Waals surface area contributed by atoms with Gasteiger partial charge in [-0.25, -0.2) is 9.48 Å². The number of nitrogens with one attached hydrogen (secondary N) is 1. The largest absolute Gasteiger partial charge is 0.332 e. The summed E-state index contributed by atoms with van der Waals surface area (Å²) in [6.07, 6.45) is 0. The molecule has 1 saturated heterocycles. The summed E-state index contributed by atoms with van der Waals surface area (Å²) in [5.41, 5.74) is 2.03. The fourth-order valence-corrected chi connectivity index (χ4v) is 3.61. The highest BCUT2D eigenvalue weighted by Crippen LogP contribution is 2.27. The number of amides is 4. The van der Waals surface area contributed by atoms with Crippen LogP contribution in [0.1, 0.15) is 12.6 Å². The first kappa shape index (κ1) is 20.6. The van der Waals surface area contributed by atoms with Crippen LogP contribution in [0.3, 0.4) is 0 Å². The van der Waals surface area contributed by atoms with E-state index < -0.39 is 30.4 Å². The van der Waals surface area contributed by atoms with Crippen molar-refractivity contribution >= 4 is 41.0 Å². The second-order valence-electron chi connectivity index (χ2n) is 7.20. The Morgan fingerprint density at radius 3 is 2.42 bits per heavy atom. The highest BCUT2D eigenvalue weighted by Gasteiger charge is 2.44. The number of aromatic nitrogens is 2. The molecule has 0 saturated carbocycles. The molecule has 4 rings (SSSR count). The Labute approximate surface area is 184 Å². The Hall–Kier alpha value is -3.65. The monoisotopic (exact) mass is 437 g/mol. The summed E-state index contributed by atoms with van der Waals surface area (Å²) in [6.45, 7) is 3.04. The Kier molecular flexibility index (Phi) is 5.48. The molecule has 1 N–H and O–H groups in total. The standard InChI is InChI=1S/C22H20ClN5O3/c1-14-12-19(28(25-14)18-6-4-3-5-7-18)24-20(29)13-26-21(30)15(2)27(22(26)31)17-10-8-16(23)9-11-17/h3-12,15H,13H2,1-2H3,(H,24,29). The number of benzene rings is 2. The molecule has 1 fully saturated rings. The molecule has 9 heteroatoms. The highest BCUT2D eigenvalue weighted by molar-refractivity contribution is 6.30. The molecular weight excluding hydrogens is 418 g/mol. The number of urea groups is 1. The van der Waals surface area contributed by atoms with Gasteiger partial charge in [0.25, 0.3) is 5.91 Å². The fraction of sp³-hybridized carbons (Fsp3) is 0.182. The molecule has 2 aromatic carbocycles. The minimum atomic E-state index is -0.724. The van der Waals surface area contributed by atoms with Crippen molar-refractivity contribution in [2.24, 2.45) is 0 Å². The predicted molar refractivity (Wildman–Crippen MR) is 117 cm³/mol. The lowest BCUT2D eigenvalue weighted by atomic mass is 10.2. The van der Waals surface area contributed by atoms with Crippen LogP contribution in [0.2, 0.25) is 5.02 Å². The zero-order valence-corrected chi connectivity index (χ0v) is 17.7. The van der Waals surface area contributed by atoms with Gasteiger partial charge in [-0.3, -0.25) is 19.4 Å². The number of halogens is 1. The Morgan fingerprint density at radius 2 is 1.74 bits per heavy atom. The van der Waals surface area contributed by atoms with Crippen LogP contribution in [-0.2, 0) is 9.59 Å². The van der Waals surface area contributed by atoms with E-state index in [0.29, 0.717) is 16.5 Å². The normalized spacial score (nSPS) is 16.2. The van der Waals surface area contributed by atoms with Crippen LogP contribution < -0.4 is 10.2 Å². The molecule has 0 spiro atoms. The van der Waals surface area contributed by atoms with Crippen LogP contribution in [0.15, 0.2) is 60.7 Å². The molecule has 158 valence electrons. The summed E-state index contributed by atoms with van der Waals surface area (Å²) < 4.78 is 1.60. The molecule has 31 heavy (non-hydrogen) atoms. The molecule has 1 aromatic heterocycles. The Balaban J connectivity index is 1.51. The van der Waals surface area contributed by atoms with E-state index in [-0.39, 0.29) is 0 Å². The van der Waals surface area contributed by atoms with Crippen LogP contribution in [-0.4, -0.2) is 45.1 Å². The van der Waals surface area contributed by atoms with Gasteiger partial charge in [0, 0.05) is 16.8 Å². The zero-order valence-electron chi connectivity index (χ0n) is 16.9. The quantitative estimate of drug-likeness (QED) is 0.617. The third-order valence-corrected chi connectivity index (χ3v) is 5.21. The van der Waals surface area contributed by atoms with E-state index >= 15 is 0 Å². The molecule has 1 aliphatic rings. The SMILES string of the molecule is Cc1cc(NC(=O)CN2C(=O)C(C)N(c3ccc(Cl)cc3)C2=O)n(-c2ccccc2)n1. The van der Waals surface area contributed by atoms with Gasteiger partial charge in [0.2, 0.25) is 5.91 Å². The van der Waals surface area contributed by atoms with E-state index in [9.17, 15) is 14.4 Å². The number of carbonyl (C=O) groups excluding carboxylic acids is 3. The van der Waals surface area contributed by atoms with Crippen molar-refractivity contribution in [3.63, 3.8) is 0 Å². The lowest BCUT2D eigenvalue weighted by Gasteiger charge is -2.19. The second-order valence-corrected chi connectivity index (χ2v) is 7.63. The molecule has 1 atom stereocenters. The minimum Gasteiger partial charge on any atom is -0.309 e. The van der Waals surface area contributed by atoms with Crippen LogP contribution in [0.25, 0.3) is 5.69 Å². The number of hydrogen-bond donors (Lipinski definition) is 1. The average molecular weight is 438 g/mol. The Bertz CT molecular complexity index is 1140. The molecule has 0 radical (unpaired) electrons. The molecule has 2 heterocycles. The summed E-state index contributed by atoms with van der Waals surface area (Å²) in [7, 11) is 0.